The molecule has 3 rings (SSSR count). The number of likely N-dealkylation sites (N-methyl/N-ethyl adjacent to an activating group) is 1. The van der Waals surface area contributed by atoms with Crippen LogP contribution in [0.4, 0.5) is 4.39 Å². The van der Waals surface area contributed by atoms with E-state index in [0.29, 0.717) is 17.7 Å². The molecule has 1 N–H and O–H groups in total. The summed E-state index contributed by atoms with van der Waals surface area (Å²) in [5, 5.41) is 10.1. The lowest BCUT2D eigenvalue weighted by atomic mass is 9.88. The Labute approximate surface area is 99.8 Å². The topological polar surface area (TPSA) is 32.7 Å². The summed E-state index contributed by atoms with van der Waals surface area (Å²) in [4.78, 5) is 2.18. The van der Waals surface area contributed by atoms with E-state index in [-0.39, 0.29) is 11.4 Å². The number of ether oxygens (including phenoxy) is 1. The van der Waals surface area contributed by atoms with E-state index in [1.807, 2.05) is 7.05 Å². The summed E-state index contributed by atoms with van der Waals surface area (Å²) >= 11 is 0. The Balaban J connectivity index is 1.97. The smallest absolute Gasteiger partial charge is 0.128 e. The first-order valence-electron chi connectivity index (χ1n) is 5.93. The van der Waals surface area contributed by atoms with Crippen molar-refractivity contribution in [3.05, 3.63) is 29.6 Å². The Morgan fingerprint density at radius 3 is 3.06 bits per heavy atom. The second-order valence-corrected chi connectivity index (χ2v) is 5.17. The van der Waals surface area contributed by atoms with Crippen LogP contribution >= 0.6 is 0 Å². The quantitative estimate of drug-likeness (QED) is 0.745. The molecule has 1 aromatic rings. The number of nitrogens with zero attached hydrogens (tertiary/aromatic N) is 1. The third-order valence-electron chi connectivity index (χ3n) is 3.73. The van der Waals surface area contributed by atoms with Crippen molar-refractivity contribution in [1.82, 2.24) is 4.90 Å². The summed E-state index contributed by atoms with van der Waals surface area (Å²) in [6.07, 6.45) is 0.929. The predicted octanol–water partition coefficient (Wildman–Crippen LogP) is 1.72. The van der Waals surface area contributed by atoms with E-state index in [1.54, 1.807) is 6.07 Å². The van der Waals surface area contributed by atoms with Gasteiger partial charge in [-0.1, -0.05) is 0 Å². The Kier molecular flexibility index (Phi) is 2.38. The van der Waals surface area contributed by atoms with Crippen LogP contribution in [0.5, 0.6) is 5.75 Å². The molecule has 92 valence electrons. The number of aliphatic hydroxyl groups excluding tert-OH is 1. The Morgan fingerprint density at radius 1 is 1.53 bits per heavy atom. The van der Waals surface area contributed by atoms with E-state index < -0.39 is 6.10 Å². The van der Waals surface area contributed by atoms with Crippen LogP contribution in [0.3, 0.4) is 0 Å². The van der Waals surface area contributed by atoms with E-state index in [1.165, 1.54) is 12.1 Å². The highest BCUT2D eigenvalue weighted by atomic mass is 19.1. The third kappa shape index (κ3) is 1.81. The van der Waals surface area contributed by atoms with Gasteiger partial charge in [-0.05, 0) is 19.2 Å². The molecule has 4 heteroatoms. The minimum Gasteiger partial charge on any atom is -0.485 e. The van der Waals surface area contributed by atoms with Gasteiger partial charge in [0.1, 0.15) is 17.2 Å². The van der Waals surface area contributed by atoms with E-state index in [2.05, 4.69) is 4.90 Å². The maximum absolute atomic E-state index is 13.2. The second kappa shape index (κ2) is 3.68. The molecule has 0 saturated carbocycles. The van der Waals surface area contributed by atoms with Crippen molar-refractivity contribution >= 4 is 0 Å². The van der Waals surface area contributed by atoms with Crippen molar-refractivity contribution in [3.8, 4) is 5.75 Å². The van der Waals surface area contributed by atoms with Crippen LogP contribution in [-0.4, -0.2) is 35.7 Å². The molecule has 3 nitrogen and oxygen atoms in total. The van der Waals surface area contributed by atoms with Crippen LogP contribution < -0.4 is 4.74 Å². The van der Waals surface area contributed by atoms with E-state index >= 15 is 0 Å². The average molecular weight is 237 g/mol. The molecule has 1 saturated heterocycles. The zero-order valence-corrected chi connectivity index (χ0v) is 9.82. The molecular formula is C13H16FNO2. The highest BCUT2D eigenvalue weighted by Crippen LogP contribution is 2.43. The van der Waals surface area contributed by atoms with Gasteiger partial charge >= 0.3 is 0 Å². The third-order valence-corrected chi connectivity index (χ3v) is 3.73. The highest BCUT2D eigenvalue weighted by molar-refractivity contribution is 5.39. The van der Waals surface area contributed by atoms with Crippen molar-refractivity contribution in [2.24, 2.45) is 0 Å². The summed E-state index contributed by atoms with van der Waals surface area (Å²) in [5.41, 5.74) is 0.362. The van der Waals surface area contributed by atoms with Gasteiger partial charge in [-0.2, -0.15) is 0 Å². The van der Waals surface area contributed by atoms with Crippen molar-refractivity contribution in [1.29, 1.82) is 0 Å². The summed E-state index contributed by atoms with van der Waals surface area (Å²) in [7, 11) is 2.03. The van der Waals surface area contributed by atoms with E-state index in [0.717, 1.165) is 19.5 Å². The van der Waals surface area contributed by atoms with Crippen LogP contribution in [0.2, 0.25) is 0 Å². The number of halogens is 1. The van der Waals surface area contributed by atoms with Crippen molar-refractivity contribution in [3.63, 3.8) is 0 Å². The first kappa shape index (κ1) is 11.0. The largest absolute Gasteiger partial charge is 0.485 e. The standard InChI is InChI=1S/C13H16FNO2/c1-15-5-4-13(8-15)7-11(16)10-3-2-9(14)6-12(10)17-13/h2-3,6,11,16H,4-5,7-8H2,1H3/t11-,13?/m1/s1. The Morgan fingerprint density at radius 2 is 2.35 bits per heavy atom. The molecule has 2 heterocycles. The highest BCUT2D eigenvalue weighted by Gasteiger charge is 2.44. The fourth-order valence-corrected chi connectivity index (χ4v) is 2.90. The first-order chi connectivity index (χ1) is 8.08. The summed E-state index contributed by atoms with van der Waals surface area (Å²) in [6, 6.07) is 4.35. The molecule has 0 bridgehead atoms. The fourth-order valence-electron chi connectivity index (χ4n) is 2.90. The normalized spacial score (nSPS) is 32.5. The van der Waals surface area contributed by atoms with Gasteiger partial charge in [0.05, 0.1) is 6.10 Å². The Bertz CT molecular complexity index is 451. The van der Waals surface area contributed by atoms with Crippen LogP contribution in [0.1, 0.15) is 24.5 Å². The first-order valence-corrected chi connectivity index (χ1v) is 5.93. The zero-order chi connectivity index (χ0) is 12.0. The van der Waals surface area contributed by atoms with Gasteiger partial charge in [0.15, 0.2) is 0 Å². The molecule has 0 amide bonds. The number of benzene rings is 1. The van der Waals surface area contributed by atoms with Gasteiger partial charge in [-0.15, -0.1) is 0 Å². The number of aliphatic hydroxyl groups is 1. The SMILES string of the molecule is CN1CCC2(C[C@@H](O)c3ccc(F)cc3O2)C1. The van der Waals surface area contributed by atoms with Crippen molar-refractivity contribution < 1.29 is 14.2 Å². The minimum absolute atomic E-state index is 0.320. The van der Waals surface area contributed by atoms with Crippen LogP contribution in [0.15, 0.2) is 18.2 Å². The van der Waals surface area contributed by atoms with Gasteiger partial charge in [-0.25, -0.2) is 4.39 Å². The lowest BCUT2D eigenvalue weighted by Gasteiger charge is -2.38. The summed E-state index contributed by atoms with van der Waals surface area (Å²) < 4.78 is 19.2. The Hall–Kier alpha value is -1.13. The number of hydrogen-bond donors (Lipinski definition) is 1. The fraction of sp³-hybridized carbons (Fsp3) is 0.538. The molecule has 1 unspecified atom stereocenters. The molecular weight excluding hydrogens is 221 g/mol. The van der Waals surface area contributed by atoms with E-state index in [9.17, 15) is 9.50 Å². The molecule has 0 aromatic heterocycles. The van der Waals surface area contributed by atoms with Crippen molar-refractivity contribution in [2.45, 2.75) is 24.5 Å². The number of fused-ring (bicyclic) bond motifs is 1. The maximum atomic E-state index is 13.2. The zero-order valence-electron chi connectivity index (χ0n) is 9.82. The maximum Gasteiger partial charge on any atom is 0.128 e. The molecule has 2 atom stereocenters. The molecule has 2 aliphatic rings. The van der Waals surface area contributed by atoms with Crippen LogP contribution in [0, 0.1) is 5.82 Å². The number of rotatable bonds is 0. The predicted molar refractivity (Wildman–Crippen MR) is 61.4 cm³/mol. The lowest BCUT2D eigenvalue weighted by Crippen LogP contribution is -2.43. The minimum atomic E-state index is -0.550. The molecule has 17 heavy (non-hydrogen) atoms. The van der Waals surface area contributed by atoms with Gasteiger partial charge in [0.2, 0.25) is 0 Å². The molecule has 0 aliphatic carbocycles. The van der Waals surface area contributed by atoms with Gasteiger partial charge < -0.3 is 14.7 Å². The number of hydrogen-bond acceptors (Lipinski definition) is 3. The van der Waals surface area contributed by atoms with Gasteiger partial charge in [-0.3, -0.25) is 0 Å². The molecule has 0 radical (unpaired) electrons. The monoisotopic (exact) mass is 237 g/mol. The van der Waals surface area contributed by atoms with Crippen molar-refractivity contribution in [2.75, 3.05) is 20.1 Å². The number of likely N-dealkylation sites (tertiary alicyclic amines) is 1. The molecule has 1 fully saturated rings. The summed E-state index contributed by atoms with van der Waals surface area (Å²) in [6.45, 7) is 1.75. The molecule has 2 aliphatic heterocycles. The van der Waals surface area contributed by atoms with E-state index in [4.69, 9.17) is 4.74 Å². The lowest BCUT2D eigenvalue weighted by molar-refractivity contribution is -0.00606. The molecule has 1 aromatic carbocycles. The van der Waals surface area contributed by atoms with Gasteiger partial charge in [0, 0.05) is 37.6 Å². The average Bonchev–Trinajstić information content (AvgIpc) is 2.58. The summed E-state index contributed by atoms with van der Waals surface area (Å²) in [5.74, 6) is 0.179. The molecule has 1 spiro atoms. The van der Waals surface area contributed by atoms with Gasteiger partial charge in [0.25, 0.3) is 0 Å². The van der Waals surface area contributed by atoms with Crippen LogP contribution in [-0.2, 0) is 0 Å². The second-order valence-electron chi connectivity index (χ2n) is 5.17. The van der Waals surface area contributed by atoms with Crippen LogP contribution in [0.25, 0.3) is 0 Å².